The predicted octanol–water partition coefficient (Wildman–Crippen LogP) is 14.9. The highest BCUT2D eigenvalue weighted by Gasteiger charge is 2.47. The molecule has 0 aliphatic heterocycles. The molecule has 0 saturated carbocycles. The minimum Gasteiger partial charge on any atom is -0.208 e. The van der Waals surface area contributed by atoms with Crippen LogP contribution in [-0.4, -0.2) is 15.0 Å². The third-order valence-corrected chi connectivity index (χ3v) is 13.7. The second-order valence-electron chi connectivity index (χ2n) is 15.9. The average molecular weight is 808 g/mol. The lowest BCUT2D eigenvalue weighted by Crippen LogP contribution is -2.28. The summed E-state index contributed by atoms with van der Waals surface area (Å²) in [6, 6.07) is 80.4. The molecule has 0 amide bonds. The van der Waals surface area contributed by atoms with Crippen LogP contribution in [-0.2, 0) is 5.41 Å². The molecule has 2 aromatic heterocycles. The normalized spacial score (nSPS) is 12.6. The minimum absolute atomic E-state index is 0.545. The summed E-state index contributed by atoms with van der Waals surface area (Å²) in [5.41, 5.74) is 14.2. The van der Waals surface area contributed by atoms with E-state index in [0.717, 1.165) is 33.4 Å². The molecule has 0 bridgehead atoms. The first kappa shape index (κ1) is 36.1. The SMILES string of the molecule is c1ccc(-c2ccc(-c3cccc(-c4nc(-c5cccc6c5-c5ccccc5C6(c5ccccc5)c5ccccc5)nc(-c5cccc6c5sc5ccccc56)n4)c3)cc2)cc1. The standard InChI is InChI=1S/C58H37N3S/c1-4-17-38(18-5-1)39-33-35-40(36-34-39)41-19-14-20-42(37-41)55-59-56(61-57(60-55)49-29-15-27-46-45-25-11-13-32-52(45)62-54(46)49)48-28-16-31-51-53(48)47-26-10-12-30-50(47)58(51,43-21-6-2-7-22-43)44-23-8-3-9-24-44/h1-37H. The number of fused-ring (bicyclic) bond motifs is 6. The number of hydrogen-bond donors (Lipinski definition) is 0. The summed E-state index contributed by atoms with van der Waals surface area (Å²) in [4.78, 5) is 16.3. The van der Waals surface area contributed by atoms with Gasteiger partial charge in [-0.05, 0) is 73.8 Å². The first-order valence-corrected chi connectivity index (χ1v) is 21.8. The molecule has 2 heterocycles. The fourth-order valence-electron chi connectivity index (χ4n) is 9.67. The topological polar surface area (TPSA) is 38.7 Å². The summed E-state index contributed by atoms with van der Waals surface area (Å²) >= 11 is 1.79. The van der Waals surface area contributed by atoms with Gasteiger partial charge in [-0.25, -0.2) is 15.0 Å². The molecule has 0 spiro atoms. The number of thiophene rings is 1. The maximum Gasteiger partial charge on any atom is 0.165 e. The van der Waals surface area contributed by atoms with Gasteiger partial charge in [0.1, 0.15) is 0 Å². The van der Waals surface area contributed by atoms with Crippen LogP contribution in [0.15, 0.2) is 224 Å². The number of rotatable bonds is 7. The van der Waals surface area contributed by atoms with Gasteiger partial charge in [0.2, 0.25) is 0 Å². The predicted molar refractivity (Wildman–Crippen MR) is 257 cm³/mol. The Bertz CT molecular complexity index is 3410. The maximum atomic E-state index is 5.47. The van der Waals surface area contributed by atoms with Crippen molar-refractivity contribution in [2.45, 2.75) is 5.41 Å². The minimum atomic E-state index is -0.545. The Morgan fingerprint density at radius 2 is 0.806 bits per heavy atom. The highest BCUT2D eigenvalue weighted by atomic mass is 32.1. The molecule has 62 heavy (non-hydrogen) atoms. The zero-order chi connectivity index (χ0) is 41.0. The molecule has 1 aliphatic rings. The lowest BCUT2D eigenvalue weighted by atomic mass is 9.67. The second-order valence-corrected chi connectivity index (χ2v) is 16.9. The Balaban J connectivity index is 1.09. The maximum absolute atomic E-state index is 5.47. The summed E-state index contributed by atoms with van der Waals surface area (Å²) in [6.45, 7) is 0. The van der Waals surface area contributed by atoms with Crippen LogP contribution in [0.3, 0.4) is 0 Å². The van der Waals surface area contributed by atoms with Crippen molar-refractivity contribution in [3.05, 3.63) is 247 Å². The average Bonchev–Trinajstić information content (AvgIpc) is 3.89. The highest BCUT2D eigenvalue weighted by Crippen LogP contribution is 2.58. The van der Waals surface area contributed by atoms with Crippen molar-refractivity contribution < 1.29 is 0 Å². The van der Waals surface area contributed by atoms with E-state index in [1.165, 1.54) is 59.1 Å². The van der Waals surface area contributed by atoms with E-state index in [-0.39, 0.29) is 0 Å². The second kappa shape index (κ2) is 14.7. The molecule has 3 nitrogen and oxygen atoms in total. The largest absolute Gasteiger partial charge is 0.208 e. The highest BCUT2D eigenvalue weighted by molar-refractivity contribution is 7.26. The fourth-order valence-corrected chi connectivity index (χ4v) is 10.9. The summed E-state index contributed by atoms with van der Waals surface area (Å²) in [6.07, 6.45) is 0. The van der Waals surface area contributed by atoms with Gasteiger partial charge in [-0.3, -0.25) is 0 Å². The molecular weight excluding hydrogens is 771 g/mol. The quantitative estimate of drug-likeness (QED) is 0.161. The van der Waals surface area contributed by atoms with Crippen LogP contribution >= 0.6 is 11.3 Å². The molecule has 0 saturated heterocycles. The van der Waals surface area contributed by atoms with Crippen molar-refractivity contribution in [1.29, 1.82) is 0 Å². The van der Waals surface area contributed by atoms with Gasteiger partial charge in [-0.1, -0.05) is 206 Å². The Kier molecular flexibility index (Phi) is 8.58. The van der Waals surface area contributed by atoms with Gasteiger partial charge >= 0.3 is 0 Å². The lowest BCUT2D eigenvalue weighted by Gasteiger charge is -2.33. The molecule has 0 fully saturated rings. The van der Waals surface area contributed by atoms with Crippen molar-refractivity contribution in [2.75, 3.05) is 0 Å². The van der Waals surface area contributed by atoms with Crippen molar-refractivity contribution in [3.63, 3.8) is 0 Å². The van der Waals surface area contributed by atoms with Crippen molar-refractivity contribution >= 4 is 31.5 Å². The van der Waals surface area contributed by atoms with Crippen LogP contribution in [0.1, 0.15) is 22.3 Å². The van der Waals surface area contributed by atoms with Gasteiger partial charge in [-0.15, -0.1) is 11.3 Å². The van der Waals surface area contributed by atoms with Gasteiger partial charge in [0.15, 0.2) is 17.5 Å². The summed E-state index contributed by atoms with van der Waals surface area (Å²) < 4.78 is 2.41. The van der Waals surface area contributed by atoms with Crippen LogP contribution in [0.4, 0.5) is 0 Å². The van der Waals surface area contributed by atoms with Crippen molar-refractivity contribution in [1.82, 2.24) is 15.0 Å². The number of hydrogen-bond acceptors (Lipinski definition) is 4. The molecule has 0 atom stereocenters. The summed E-state index contributed by atoms with van der Waals surface area (Å²) in [7, 11) is 0. The Morgan fingerprint density at radius 3 is 1.56 bits per heavy atom. The summed E-state index contributed by atoms with van der Waals surface area (Å²) in [5, 5.41) is 2.45. The molecule has 0 unspecified atom stereocenters. The third-order valence-electron chi connectivity index (χ3n) is 12.5. The molecule has 290 valence electrons. The molecule has 0 N–H and O–H groups in total. The van der Waals surface area contributed by atoms with Crippen molar-refractivity contribution in [3.8, 4) is 67.5 Å². The van der Waals surface area contributed by atoms with E-state index < -0.39 is 5.41 Å². The third kappa shape index (κ3) is 5.76. The van der Waals surface area contributed by atoms with E-state index in [1.54, 1.807) is 11.3 Å². The number of nitrogens with zero attached hydrogens (tertiary/aromatic N) is 3. The Labute approximate surface area is 364 Å². The van der Waals surface area contributed by atoms with Gasteiger partial charge < -0.3 is 0 Å². The molecule has 4 heteroatoms. The number of benzene rings is 9. The molecule has 0 radical (unpaired) electrons. The van der Waals surface area contributed by atoms with Gasteiger partial charge in [-0.2, -0.15) is 0 Å². The van der Waals surface area contributed by atoms with Crippen LogP contribution in [0.2, 0.25) is 0 Å². The van der Waals surface area contributed by atoms with E-state index >= 15 is 0 Å². The molecular formula is C58H37N3S. The zero-order valence-corrected chi connectivity index (χ0v) is 34.4. The zero-order valence-electron chi connectivity index (χ0n) is 33.6. The van der Waals surface area contributed by atoms with E-state index in [0.29, 0.717) is 17.5 Å². The number of aromatic nitrogens is 3. The van der Waals surface area contributed by atoms with Crippen LogP contribution in [0.25, 0.3) is 87.7 Å². The Morgan fingerprint density at radius 1 is 0.323 bits per heavy atom. The summed E-state index contributed by atoms with van der Waals surface area (Å²) in [5.74, 6) is 1.93. The van der Waals surface area contributed by atoms with E-state index in [2.05, 4.69) is 224 Å². The van der Waals surface area contributed by atoms with Crippen LogP contribution < -0.4 is 0 Å². The Hall–Kier alpha value is -7.79. The molecule has 11 aromatic rings. The van der Waals surface area contributed by atoms with Gasteiger partial charge in [0.25, 0.3) is 0 Å². The lowest BCUT2D eigenvalue weighted by molar-refractivity contribution is 0.768. The van der Waals surface area contributed by atoms with Crippen LogP contribution in [0, 0.1) is 0 Å². The first-order chi connectivity index (χ1) is 30.7. The van der Waals surface area contributed by atoms with E-state index in [1.807, 2.05) is 0 Å². The van der Waals surface area contributed by atoms with E-state index in [4.69, 9.17) is 15.0 Å². The van der Waals surface area contributed by atoms with E-state index in [9.17, 15) is 0 Å². The van der Waals surface area contributed by atoms with Crippen LogP contribution in [0.5, 0.6) is 0 Å². The smallest absolute Gasteiger partial charge is 0.165 e. The molecule has 12 rings (SSSR count). The molecule has 9 aromatic carbocycles. The molecule has 1 aliphatic carbocycles. The monoisotopic (exact) mass is 807 g/mol. The first-order valence-electron chi connectivity index (χ1n) is 21.0. The van der Waals surface area contributed by atoms with Gasteiger partial charge in [0.05, 0.1) is 5.41 Å². The van der Waals surface area contributed by atoms with Gasteiger partial charge in [0, 0.05) is 36.9 Å². The fraction of sp³-hybridized carbons (Fsp3) is 0.0172. The van der Waals surface area contributed by atoms with Crippen molar-refractivity contribution in [2.24, 2.45) is 0 Å².